The summed E-state index contributed by atoms with van der Waals surface area (Å²) in [5.74, 6) is 0. The molecule has 0 amide bonds. The van der Waals surface area contributed by atoms with Crippen molar-refractivity contribution in [3.63, 3.8) is 0 Å². The van der Waals surface area contributed by atoms with Crippen LogP contribution in [0.1, 0.15) is 0 Å². The Kier molecular flexibility index (Phi) is 3.89. The van der Waals surface area contributed by atoms with E-state index >= 15 is 0 Å². The first-order chi connectivity index (χ1) is 11.9. The average Bonchev–Trinajstić information content (AvgIpc) is 2.65. The predicted octanol–water partition coefficient (Wildman–Crippen LogP) is 5.03. The van der Waals surface area contributed by atoms with Gasteiger partial charge in [-0.15, -0.1) is 0 Å². The van der Waals surface area contributed by atoms with Crippen molar-refractivity contribution in [2.24, 2.45) is 5.73 Å². The standard InChI is InChI=1S/C22H20N2/c23-14-15-24-22-19-10-4-2-7-17(19)12-13-21(22)20-11-5-8-16-6-1-3-9-18(16)20/h1-13,24H,14-15,23H2. The zero-order valence-corrected chi connectivity index (χ0v) is 13.5. The molecule has 4 aromatic carbocycles. The van der Waals surface area contributed by atoms with Crippen LogP contribution in [-0.4, -0.2) is 13.1 Å². The number of anilines is 1. The van der Waals surface area contributed by atoms with Crippen LogP contribution in [0.15, 0.2) is 78.9 Å². The van der Waals surface area contributed by atoms with Crippen LogP contribution in [-0.2, 0) is 0 Å². The summed E-state index contributed by atoms with van der Waals surface area (Å²) in [4.78, 5) is 0. The Morgan fingerprint density at radius 2 is 1.29 bits per heavy atom. The van der Waals surface area contributed by atoms with E-state index in [-0.39, 0.29) is 0 Å². The van der Waals surface area contributed by atoms with Crippen molar-refractivity contribution in [3.05, 3.63) is 78.9 Å². The van der Waals surface area contributed by atoms with Gasteiger partial charge in [-0.05, 0) is 21.7 Å². The maximum absolute atomic E-state index is 5.74. The highest BCUT2D eigenvalue weighted by atomic mass is 14.9. The Labute approximate surface area is 141 Å². The van der Waals surface area contributed by atoms with Crippen LogP contribution in [0.4, 0.5) is 5.69 Å². The molecule has 0 aromatic heterocycles. The summed E-state index contributed by atoms with van der Waals surface area (Å²) in [7, 11) is 0. The zero-order valence-electron chi connectivity index (χ0n) is 13.5. The zero-order chi connectivity index (χ0) is 16.4. The van der Waals surface area contributed by atoms with Crippen LogP contribution in [0.2, 0.25) is 0 Å². The second-order valence-corrected chi connectivity index (χ2v) is 5.95. The Morgan fingerprint density at radius 1 is 0.625 bits per heavy atom. The molecular formula is C22H20N2. The molecule has 3 N–H and O–H groups in total. The molecule has 0 spiro atoms. The van der Waals surface area contributed by atoms with Gasteiger partial charge in [0.1, 0.15) is 0 Å². The van der Waals surface area contributed by atoms with E-state index in [1.165, 1.54) is 32.7 Å². The topological polar surface area (TPSA) is 38.0 Å². The number of hydrogen-bond acceptors (Lipinski definition) is 2. The lowest BCUT2D eigenvalue weighted by molar-refractivity contribution is 1.03. The van der Waals surface area contributed by atoms with Gasteiger partial charge in [-0.3, -0.25) is 0 Å². The van der Waals surface area contributed by atoms with Crippen LogP contribution < -0.4 is 11.1 Å². The van der Waals surface area contributed by atoms with Crippen molar-refractivity contribution in [1.29, 1.82) is 0 Å². The second-order valence-electron chi connectivity index (χ2n) is 5.95. The highest BCUT2D eigenvalue weighted by Crippen LogP contribution is 2.38. The molecule has 4 rings (SSSR count). The number of hydrogen-bond donors (Lipinski definition) is 2. The molecule has 118 valence electrons. The van der Waals surface area contributed by atoms with E-state index in [9.17, 15) is 0 Å². The first kappa shape index (κ1) is 14.7. The molecule has 0 atom stereocenters. The van der Waals surface area contributed by atoms with E-state index in [4.69, 9.17) is 5.73 Å². The summed E-state index contributed by atoms with van der Waals surface area (Å²) < 4.78 is 0. The Bertz CT molecular complexity index is 1000. The van der Waals surface area contributed by atoms with Gasteiger partial charge in [0, 0.05) is 29.7 Å². The normalized spacial score (nSPS) is 11.0. The van der Waals surface area contributed by atoms with Crippen molar-refractivity contribution in [1.82, 2.24) is 0 Å². The number of benzene rings is 4. The third kappa shape index (κ3) is 2.51. The molecule has 2 heteroatoms. The summed E-state index contributed by atoms with van der Waals surface area (Å²) in [5.41, 5.74) is 9.37. The third-order valence-corrected chi connectivity index (χ3v) is 4.45. The molecule has 0 saturated heterocycles. The fraction of sp³-hybridized carbons (Fsp3) is 0.0909. The lowest BCUT2D eigenvalue weighted by Gasteiger charge is -2.16. The Balaban J connectivity index is 2.01. The summed E-state index contributed by atoms with van der Waals surface area (Å²) in [6.45, 7) is 1.37. The summed E-state index contributed by atoms with van der Waals surface area (Å²) >= 11 is 0. The van der Waals surface area contributed by atoms with Gasteiger partial charge in [0.25, 0.3) is 0 Å². The molecule has 0 fully saturated rings. The number of fused-ring (bicyclic) bond motifs is 2. The predicted molar refractivity (Wildman–Crippen MR) is 104 cm³/mol. The first-order valence-corrected chi connectivity index (χ1v) is 8.32. The Hall–Kier alpha value is -2.84. The van der Waals surface area contributed by atoms with Crippen LogP contribution >= 0.6 is 0 Å². The molecule has 2 nitrogen and oxygen atoms in total. The molecule has 0 aliphatic carbocycles. The fourth-order valence-corrected chi connectivity index (χ4v) is 3.34. The lowest BCUT2D eigenvalue weighted by Crippen LogP contribution is -2.13. The van der Waals surface area contributed by atoms with Crippen molar-refractivity contribution < 1.29 is 0 Å². The molecule has 0 saturated carbocycles. The van der Waals surface area contributed by atoms with Gasteiger partial charge >= 0.3 is 0 Å². The SMILES string of the molecule is NCCNc1c(-c2cccc3ccccc23)ccc2ccccc12. The molecule has 0 aliphatic heterocycles. The second kappa shape index (κ2) is 6.34. The van der Waals surface area contributed by atoms with Gasteiger partial charge in [-0.2, -0.15) is 0 Å². The van der Waals surface area contributed by atoms with Gasteiger partial charge < -0.3 is 11.1 Å². The molecule has 0 unspecified atom stereocenters. The van der Waals surface area contributed by atoms with Crippen LogP contribution in [0.25, 0.3) is 32.7 Å². The minimum Gasteiger partial charge on any atom is -0.383 e. The largest absolute Gasteiger partial charge is 0.383 e. The van der Waals surface area contributed by atoms with Crippen molar-refractivity contribution in [2.75, 3.05) is 18.4 Å². The number of nitrogens with two attached hydrogens (primary N) is 1. The van der Waals surface area contributed by atoms with Gasteiger partial charge in [0.2, 0.25) is 0 Å². The van der Waals surface area contributed by atoms with E-state index in [2.05, 4.69) is 84.2 Å². The van der Waals surface area contributed by atoms with Gasteiger partial charge in [0.15, 0.2) is 0 Å². The van der Waals surface area contributed by atoms with E-state index in [0.29, 0.717) is 6.54 Å². The van der Waals surface area contributed by atoms with E-state index in [1.807, 2.05) is 0 Å². The third-order valence-electron chi connectivity index (χ3n) is 4.45. The van der Waals surface area contributed by atoms with Crippen molar-refractivity contribution in [2.45, 2.75) is 0 Å². The molecule has 24 heavy (non-hydrogen) atoms. The minimum absolute atomic E-state index is 0.609. The first-order valence-electron chi connectivity index (χ1n) is 8.32. The molecule has 0 bridgehead atoms. The fourth-order valence-electron chi connectivity index (χ4n) is 3.34. The maximum Gasteiger partial charge on any atom is 0.0500 e. The van der Waals surface area contributed by atoms with Crippen LogP contribution in [0, 0.1) is 0 Å². The van der Waals surface area contributed by atoms with Gasteiger partial charge in [-0.1, -0.05) is 78.9 Å². The number of rotatable bonds is 4. The highest BCUT2D eigenvalue weighted by molar-refractivity contribution is 6.07. The molecule has 0 aliphatic rings. The van der Waals surface area contributed by atoms with E-state index < -0.39 is 0 Å². The van der Waals surface area contributed by atoms with Crippen LogP contribution in [0.5, 0.6) is 0 Å². The van der Waals surface area contributed by atoms with Crippen molar-refractivity contribution >= 4 is 27.2 Å². The summed E-state index contributed by atoms with van der Waals surface area (Å²) in [6, 6.07) is 27.9. The molecule has 0 radical (unpaired) electrons. The maximum atomic E-state index is 5.74. The molecule has 4 aromatic rings. The van der Waals surface area contributed by atoms with E-state index in [1.54, 1.807) is 0 Å². The quantitative estimate of drug-likeness (QED) is 0.554. The summed E-state index contributed by atoms with van der Waals surface area (Å²) in [6.07, 6.45) is 0. The number of nitrogens with one attached hydrogen (secondary N) is 1. The average molecular weight is 312 g/mol. The van der Waals surface area contributed by atoms with Crippen molar-refractivity contribution in [3.8, 4) is 11.1 Å². The van der Waals surface area contributed by atoms with Crippen LogP contribution in [0.3, 0.4) is 0 Å². The smallest absolute Gasteiger partial charge is 0.0500 e. The van der Waals surface area contributed by atoms with Gasteiger partial charge in [0.05, 0.1) is 0 Å². The lowest BCUT2D eigenvalue weighted by atomic mass is 9.94. The minimum atomic E-state index is 0.609. The Morgan fingerprint density at radius 3 is 2.08 bits per heavy atom. The molecular weight excluding hydrogens is 292 g/mol. The van der Waals surface area contributed by atoms with Gasteiger partial charge in [-0.25, -0.2) is 0 Å². The monoisotopic (exact) mass is 312 g/mol. The molecule has 0 heterocycles. The van der Waals surface area contributed by atoms with E-state index in [0.717, 1.165) is 12.2 Å². The highest BCUT2D eigenvalue weighted by Gasteiger charge is 2.11. The summed E-state index contributed by atoms with van der Waals surface area (Å²) in [5, 5.41) is 8.54.